The van der Waals surface area contributed by atoms with Crippen LogP contribution < -0.4 is 0 Å². The maximum atomic E-state index is 2.12. The Balaban J connectivity index is 0. The molecule has 0 aliphatic heterocycles. The van der Waals surface area contributed by atoms with Gasteiger partial charge in [-0.05, 0) is 6.42 Å². The quantitative estimate of drug-likeness (QED) is 0.458. The second kappa shape index (κ2) is 15.4. The van der Waals surface area contributed by atoms with Crippen LogP contribution in [0.3, 0.4) is 0 Å². The summed E-state index contributed by atoms with van der Waals surface area (Å²) in [5, 5.41) is 0. The molecule has 0 nitrogen and oxygen atoms in total. The molecule has 0 radical (unpaired) electrons. The molecule has 2 aromatic carbocycles. The molecule has 0 saturated heterocycles. The van der Waals surface area contributed by atoms with Crippen LogP contribution in [0.4, 0.5) is 0 Å². The van der Waals surface area contributed by atoms with Crippen LogP contribution in [0.1, 0.15) is 6.42 Å². The fourth-order valence-corrected chi connectivity index (χ4v) is 1.03. The Hall–Kier alpha value is -0.573. The van der Waals surface area contributed by atoms with Crippen molar-refractivity contribution in [2.45, 2.75) is 6.42 Å². The molecule has 92 valence electrons. The standard InChI is InChI=1S/C5H6.2C5H5.2Ru/c3*1-2-4-5-3-1;;/h1-4H,5H2;2*1-5H;;/q;2*-1;;+2. The van der Waals surface area contributed by atoms with Crippen LogP contribution in [-0.2, 0) is 39.0 Å². The smallest absolute Gasteiger partial charge is 0.214 e. The van der Waals surface area contributed by atoms with Crippen LogP contribution >= 0.6 is 0 Å². The molecule has 0 bridgehead atoms. The minimum Gasteiger partial charge on any atom is -0.214 e. The fraction of sp³-hybridized carbons (Fsp3) is 0.0667. The molecule has 0 spiro atoms. The molecule has 1 aliphatic rings. The van der Waals surface area contributed by atoms with Gasteiger partial charge in [-0.1, -0.05) is 24.3 Å². The van der Waals surface area contributed by atoms with Gasteiger partial charge in [-0.3, -0.25) is 0 Å². The van der Waals surface area contributed by atoms with Gasteiger partial charge in [0.15, 0.2) is 0 Å². The largest absolute Gasteiger partial charge is 2.00 e. The third kappa shape index (κ3) is 13.4. The van der Waals surface area contributed by atoms with Crippen molar-refractivity contribution in [3.05, 3.63) is 85.0 Å². The molecule has 0 fully saturated rings. The first-order chi connectivity index (χ1) is 7.50. The molecule has 0 unspecified atom stereocenters. The molecule has 1 aliphatic carbocycles. The summed E-state index contributed by atoms with van der Waals surface area (Å²) in [5.74, 6) is 0. The van der Waals surface area contributed by atoms with Crippen LogP contribution in [-0.4, -0.2) is 0 Å². The molecule has 17 heavy (non-hydrogen) atoms. The van der Waals surface area contributed by atoms with Crippen molar-refractivity contribution in [1.29, 1.82) is 0 Å². The Bertz CT molecular complexity index is 271. The van der Waals surface area contributed by atoms with E-state index in [0.717, 1.165) is 6.42 Å². The maximum Gasteiger partial charge on any atom is 2.00 e. The predicted molar refractivity (Wildman–Crippen MR) is 67.0 cm³/mol. The zero-order valence-electron chi connectivity index (χ0n) is 9.50. The Labute approximate surface area is 130 Å². The van der Waals surface area contributed by atoms with E-state index >= 15 is 0 Å². The van der Waals surface area contributed by atoms with Crippen LogP contribution in [0, 0.1) is 0 Å². The SMILES string of the molecule is C1=CCC=C1.[Ru+2].[Ru].c1cc[cH-]c1.c1cc[cH-]c1. The van der Waals surface area contributed by atoms with Gasteiger partial charge >= 0.3 is 19.5 Å². The summed E-state index contributed by atoms with van der Waals surface area (Å²) in [6.07, 6.45) is 9.50. The minimum absolute atomic E-state index is 0. The second-order valence-corrected chi connectivity index (χ2v) is 3.02. The normalized spacial score (nSPS) is 9.88. The molecular formula is C15H16Ru2. The molecule has 0 amide bonds. The van der Waals surface area contributed by atoms with E-state index in [0.29, 0.717) is 0 Å². The third-order valence-electron chi connectivity index (χ3n) is 1.77. The van der Waals surface area contributed by atoms with Crippen molar-refractivity contribution >= 4 is 0 Å². The molecule has 0 saturated carbocycles. The molecule has 2 aromatic rings. The molecule has 3 rings (SSSR count). The number of allylic oxidation sites excluding steroid dienone is 4. The average Bonchev–Trinajstić information content (AvgIpc) is 3.09. The summed E-state index contributed by atoms with van der Waals surface area (Å²) < 4.78 is 0. The van der Waals surface area contributed by atoms with Crippen LogP contribution in [0.25, 0.3) is 0 Å². The summed E-state index contributed by atoms with van der Waals surface area (Å²) in [6, 6.07) is 20.0. The first kappa shape index (κ1) is 18.8. The first-order valence-corrected chi connectivity index (χ1v) is 5.15. The fourth-order valence-electron chi connectivity index (χ4n) is 1.03. The molecule has 2 heteroatoms. The van der Waals surface area contributed by atoms with E-state index in [1.165, 1.54) is 0 Å². The number of hydrogen-bond donors (Lipinski definition) is 0. The van der Waals surface area contributed by atoms with Gasteiger partial charge in [-0.25, -0.2) is 24.3 Å². The molecule has 0 heterocycles. The molecular weight excluding hydrogens is 382 g/mol. The van der Waals surface area contributed by atoms with Crippen molar-refractivity contribution in [3.63, 3.8) is 0 Å². The number of hydrogen-bond acceptors (Lipinski definition) is 0. The summed E-state index contributed by atoms with van der Waals surface area (Å²) in [4.78, 5) is 0. The third-order valence-corrected chi connectivity index (χ3v) is 1.77. The van der Waals surface area contributed by atoms with Gasteiger partial charge in [0.25, 0.3) is 0 Å². The van der Waals surface area contributed by atoms with Crippen molar-refractivity contribution < 1.29 is 39.0 Å². The topological polar surface area (TPSA) is 0 Å². The summed E-state index contributed by atoms with van der Waals surface area (Å²) in [5.41, 5.74) is 0. The van der Waals surface area contributed by atoms with E-state index < -0.39 is 0 Å². The monoisotopic (exact) mass is 400 g/mol. The van der Waals surface area contributed by atoms with Crippen molar-refractivity contribution in [3.8, 4) is 0 Å². The van der Waals surface area contributed by atoms with Gasteiger partial charge in [0.1, 0.15) is 0 Å². The Morgan fingerprint density at radius 2 is 1.00 bits per heavy atom. The second-order valence-electron chi connectivity index (χ2n) is 3.02. The zero-order chi connectivity index (χ0) is 10.6. The van der Waals surface area contributed by atoms with Crippen LogP contribution in [0.5, 0.6) is 0 Å². The van der Waals surface area contributed by atoms with E-state index in [-0.39, 0.29) is 39.0 Å². The first-order valence-electron chi connectivity index (χ1n) is 5.15. The van der Waals surface area contributed by atoms with Crippen molar-refractivity contribution in [2.24, 2.45) is 0 Å². The van der Waals surface area contributed by atoms with Crippen molar-refractivity contribution in [1.82, 2.24) is 0 Å². The van der Waals surface area contributed by atoms with Gasteiger partial charge < -0.3 is 0 Å². The summed E-state index contributed by atoms with van der Waals surface area (Å²) in [6.45, 7) is 0. The molecule has 0 aromatic heterocycles. The van der Waals surface area contributed by atoms with E-state index in [1.54, 1.807) is 0 Å². The minimum atomic E-state index is 0. The Morgan fingerprint density at radius 3 is 1.12 bits per heavy atom. The summed E-state index contributed by atoms with van der Waals surface area (Å²) in [7, 11) is 0. The average molecular weight is 398 g/mol. The van der Waals surface area contributed by atoms with E-state index in [9.17, 15) is 0 Å². The van der Waals surface area contributed by atoms with Gasteiger partial charge in [-0.15, -0.1) is 0 Å². The maximum absolute atomic E-state index is 2.12. The van der Waals surface area contributed by atoms with Gasteiger partial charge in [0.2, 0.25) is 0 Å². The molecule has 0 atom stereocenters. The Morgan fingerprint density at radius 1 is 0.647 bits per heavy atom. The predicted octanol–water partition coefficient (Wildman–Crippen LogP) is 4.31. The van der Waals surface area contributed by atoms with E-state index in [4.69, 9.17) is 0 Å². The van der Waals surface area contributed by atoms with Gasteiger partial charge in [0, 0.05) is 19.5 Å². The van der Waals surface area contributed by atoms with Crippen LogP contribution in [0.2, 0.25) is 0 Å². The summed E-state index contributed by atoms with van der Waals surface area (Å²) >= 11 is 0. The van der Waals surface area contributed by atoms with Gasteiger partial charge in [-0.2, -0.15) is 36.4 Å². The Kier molecular flexibility index (Phi) is 17.0. The van der Waals surface area contributed by atoms with Crippen molar-refractivity contribution in [2.75, 3.05) is 0 Å². The van der Waals surface area contributed by atoms with E-state index in [2.05, 4.69) is 24.3 Å². The van der Waals surface area contributed by atoms with Crippen LogP contribution in [0.15, 0.2) is 85.0 Å². The van der Waals surface area contributed by atoms with Gasteiger partial charge in [0.05, 0.1) is 0 Å². The van der Waals surface area contributed by atoms with E-state index in [1.807, 2.05) is 60.7 Å². The number of rotatable bonds is 0. The molecule has 0 N–H and O–H groups in total. The zero-order valence-corrected chi connectivity index (χ0v) is 13.0.